The number of hydrogen-bond acceptors (Lipinski definition) is 5. The molecule has 116 valence electrons. The van der Waals surface area contributed by atoms with Crippen LogP contribution >= 0.6 is 0 Å². The molecule has 3 rings (SSSR count). The molecule has 1 aliphatic heterocycles. The number of likely N-dealkylation sites (tertiary alicyclic amines) is 1. The van der Waals surface area contributed by atoms with Crippen molar-refractivity contribution < 1.29 is 9.21 Å². The van der Waals surface area contributed by atoms with E-state index in [1.165, 1.54) is 12.0 Å². The molecule has 22 heavy (non-hydrogen) atoms. The molecule has 0 bridgehead atoms. The van der Waals surface area contributed by atoms with Crippen LogP contribution < -0.4 is 5.32 Å². The Balaban J connectivity index is 1.48. The molecule has 0 unspecified atom stereocenters. The standard InChI is InChI=1S/C16H20N4O2/c1-12-15(18-11-22-12)16(21)19-14-4-8-20(9-5-14)10-13-2-6-17-7-3-13/h2-3,6-7,11,14H,4-5,8-10H2,1H3,(H,19,21). The Hall–Kier alpha value is -2.21. The third-order valence-corrected chi connectivity index (χ3v) is 4.04. The highest BCUT2D eigenvalue weighted by Crippen LogP contribution is 2.14. The molecule has 6 nitrogen and oxygen atoms in total. The second kappa shape index (κ2) is 6.70. The zero-order valence-corrected chi connectivity index (χ0v) is 12.7. The number of rotatable bonds is 4. The van der Waals surface area contributed by atoms with Gasteiger partial charge < -0.3 is 9.73 Å². The molecule has 0 aliphatic carbocycles. The minimum absolute atomic E-state index is 0.140. The molecule has 1 fully saturated rings. The second-order valence-electron chi connectivity index (χ2n) is 5.64. The molecule has 0 radical (unpaired) electrons. The van der Waals surface area contributed by atoms with Gasteiger partial charge in [-0.2, -0.15) is 0 Å². The molecular formula is C16H20N4O2. The molecule has 2 aromatic heterocycles. The SMILES string of the molecule is Cc1ocnc1C(=O)NC1CCN(Cc2ccncc2)CC1. The fraction of sp³-hybridized carbons (Fsp3) is 0.438. The van der Waals surface area contributed by atoms with Gasteiger partial charge in [0.05, 0.1) is 0 Å². The summed E-state index contributed by atoms with van der Waals surface area (Å²) in [5.41, 5.74) is 1.66. The first-order valence-electron chi connectivity index (χ1n) is 7.54. The first-order valence-corrected chi connectivity index (χ1v) is 7.54. The van der Waals surface area contributed by atoms with Crippen LogP contribution in [0.4, 0.5) is 0 Å². The van der Waals surface area contributed by atoms with Crippen LogP contribution in [0.1, 0.15) is 34.7 Å². The second-order valence-corrected chi connectivity index (χ2v) is 5.64. The molecule has 1 N–H and O–H groups in total. The van der Waals surface area contributed by atoms with Gasteiger partial charge in [0.15, 0.2) is 12.1 Å². The molecule has 0 aromatic carbocycles. The molecule has 1 amide bonds. The Labute approximate surface area is 129 Å². The van der Waals surface area contributed by atoms with Gasteiger partial charge in [0, 0.05) is 38.1 Å². The number of nitrogens with one attached hydrogen (secondary N) is 1. The first-order chi connectivity index (χ1) is 10.7. The van der Waals surface area contributed by atoms with Crippen molar-refractivity contribution in [2.45, 2.75) is 32.4 Å². The van der Waals surface area contributed by atoms with E-state index in [-0.39, 0.29) is 11.9 Å². The van der Waals surface area contributed by atoms with E-state index in [2.05, 4.69) is 20.2 Å². The van der Waals surface area contributed by atoms with Gasteiger partial charge in [-0.3, -0.25) is 14.7 Å². The number of aromatic nitrogens is 2. The number of aryl methyl sites for hydroxylation is 1. The average Bonchev–Trinajstić information content (AvgIpc) is 2.96. The zero-order chi connectivity index (χ0) is 15.4. The molecule has 0 atom stereocenters. The van der Waals surface area contributed by atoms with Crippen molar-refractivity contribution in [3.05, 3.63) is 47.9 Å². The Morgan fingerprint density at radius 1 is 1.36 bits per heavy atom. The summed E-state index contributed by atoms with van der Waals surface area (Å²) in [5.74, 6) is 0.423. The predicted molar refractivity (Wildman–Crippen MR) is 81.2 cm³/mol. The third kappa shape index (κ3) is 3.51. The summed E-state index contributed by atoms with van der Waals surface area (Å²) < 4.78 is 5.07. The summed E-state index contributed by atoms with van der Waals surface area (Å²) in [7, 11) is 0. The van der Waals surface area contributed by atoms with E-state index in [0.29, 0.717) is 11.5 Å². The maximum Gasteiger partial charge on any atom is 0.273 e. The largest absolute Gasteiger partial charge is 0.448 e. The van der Waals surface area contributed by atoms with Crippen LogP contribution in [0.25, 0.3) is 0 Å². The minimum Gasteiger partial charge on any atom is -0.448 e. The molecule has 6 heteroatoms. The number of piperidine rings is 1. The summed E-state index contributed by atoms with van der Waals surface area (Å²) in [6.45, 7) is 4.64. The van der Waals surface area contributed by atoms with Crippen LogP contribution in [0.2, 0.25) is 0 Å². The van der Waals surface area contributed by atoms with Gasteiger partial charge in [-0.05, 0) is 37.5 Å². The topological polar surface area (TPSA) is 71.3 Å². The monoisotopic (exact) mass is 300 g/mol. The number of carbonyl (C=O) groups is 1. The van der Waals surface area contributed by atoms with Gasteiger partial charge in [-0.25, -0.2) is 4.98 Å². The molecule has 3 heterocycles. The molecule has 0 saturated carbocycles. The normalized spacial score (nSPS) is 16.6. The van der Waals surface area contributed by atoms with Gasteiger partial charge >= 0.3 is 0 Å². The lowest BCUT2D eigenvalue weighted by Crippen LogP contribution is -2.44. The van der Waals surface area contributed by atoms with E-state index >= 15 is 0 Å². The number of nitrogens with zero attached hydrogens (tertiary/aromatic N) is 3. The highest BCUT2D eigenvalue weighted by atomic mass is 16.3. The summed E-state index contributed by atoms with van der Waals surface area (Å²) in [6.07, 6.45) is 6.86. The van der Waals surface area contributed by atoms with E-state index in [1.54, 1.807) is 6.92 Å². The van der Waals surface area contributed by atoms with E-state index in [1.807, 2.05) is 24.5 Å². The van der Waals surface area contributed by atoms with E-state index < -0.39 is 0 Å². The fourth-order valence-corrected chi connectivity index (χ4v) is 2.76. The minimum atomic E-state index is -0.140. The van der Waals surface area contributed by atoms with E-state index in [4.69, 9.17) is 4.42 Å². The van der Waals surface area contributed by atoms with Gasteiger partial charge in [-0.1, -0.05) is 0 Å². The quantitative estimate of drug-likeness (QED) is 0.932. The van der Waals surface area contributed by atoms with Gasteiger partial charge in [0.1, 0.15) is 5.76 Å². The molecule has 1 saturated heterocycles. The smallest absolute Gasteiger partial charge is 0.273 e. The Bertz CT molecular complexity index is 618. The average molecular weight is 300 g/mol. The molecule has 2 aromatic rings. The maximum atomic E-state index is 12.1. The van der Waals surface area contributed by atoms with Crippen molar-refractivity contribution >= 4 is 5.91 Å². The van der Waals surface area contributed by atoms with Crippen LogP contribution in [0.3, 0.4) is 0 Å². The Morgan fingerprint density at radius 3 is 2.73 bits per heavy atom. The van der Waals surface area contributed by atoms with Gasteiger partial charge in [0.25, 0.3) is 5.91 Å². The number of hydrogen-bond donors (Lipinski definition) is 1. The number of amides is 1. The van der Waals surface area contributed by atoms with Crippen molar-refractivity contribution in [3.63, 3.8) is 0 Å². The zero-order valence-electron chi connectivity index (χ0n) is 12.7. The first kappa shape index (κ1) is 14.7. The third-order valence-electron chi connectivity index (χ3n) is 4.04. The highest BCUT2D eigenvalue weighted by molar-refractivity contribution is 5.93. The van der Waals surface area contributed by atoms with Crippen molar-refractivity contribution in [3.8, 4) is 0 Å². The van der Waals surface area contributed by atoms with Gasteiger partial charge in [0.2, 0.25) is 0 Å². The van der Waals surface area contributed by atoms with Crippen LogP contribution in [0, 0.1) is 6.92 Å². The predicted octanol–water partition coefficient (Wildman–Crippen LogP) is 1.77. The lowest BCUT2D eigenvalue weighted by atomic mass is 10.0. The number of carbonyl (C=O) groups excluding carboxylic acids is 1. The lowest BCUT2D eigenvalue weighted by molar-refractivity contribution is 0.0903. The molecule has 1 aliphatic rings. The fourth-order valence-electron chi connectivity index (χ4n) is 2.76. The van der Waals surface area contributed by atoms with Crippen molar-refractivity contribution in [2.75, 3.05) is 13.1 Å². The van der Waals surface area contributed by atoms with Crippen LogP contribution in [-0.2, 0) is 6.54 Å². The van der Waals surface area contributed by atoms with Crippen LogP contribution in [0.5, 0.6) is 0 Å². The summed E-state index contributed by atoms with van der Waals surface area (Å²) in [5, 5.41) is 3.05. The van der Waals surface area contributed by atoms with Gasteiger partial charge in [-0.15, -0.1) is 0 Å². The van der Waals surface area contributed by atoms with E-state index in [0.717, 1.165) is 32.5 Å². The number of oxazole rings is 1. The van der Waals surface area contributed by atoms with E-state index in [9.17, 15) is 4.79 Å². The van der Waals surface area contributed by atoms with Crippen molar-refractivity contribution in [2.24, 2.45) is 0 Å². The lowest BCUT2D eigenvalue weighted by Gasteiger charge is -2.32. The Morgan fingerprint density at radius 2 is 2.09 bits per heavy atom. The maximum absolute atomic E-state index is 12.1. The molecule has 0 spiro atoms. The van der Waals surface area contributed by atoms with Crippen LogP contribution in [0.15, 0.2) is 35.3 Å². The summed E-state index contributed by atoms with van der Waals surface area (Å²) in [6, 6.07) is 4.29. The summed E-state index contributed by atoms with van der Waals surface area (Å²) in [4.78, 5) is 22.5. The summed E-state index contributed by atoms with van der Waals surface area (Å²) >= 11 is 0. The van der Waals surface area contributed by atoms with Crippen molar-refractivity contribution in [1.82, 2.24) is 20.2 Å². The van der Waals surface area contributed by atoms with Crippen LogP contribution in [-0.4, -0.2) is 39.9 Å². The van der Waals surface area contributed by atoms with Crippen molar-refractivity contribution in [1.29, 1.82) is 0 Å². The number of pyridine rings is 1. The Kier molecular flexibility index (Phi) is 4.48. The highest BCUT2D eigenvalue weighted by Gasteiger charge is 2.23. The molecular weight excluding hydrogens is 280 g/mol.